The molecule has 2 rings (SSSR count). The van der Waals surface area contributed by atoms with Gasteiger partial charge in [0.25, 0.3) is 0 Å². The van der Waals surface area contributed by atoms with E-state index in [0.717, 1.165) is 19.5 Å². The first kappa shape index (κ1) is 9.72. The molecule has 1 aliphatic heterocycles. The maximum Gasteiger partial charge on any atom is -0.00405 e. The lowest BCUT2D eigenvalue weighted by Gasteiger charge is -2.35. The zero-order valence-electron chi connectivity index (χ0n) is 8.92. The number of hydrogen-bond acceptors (Lipinski definition) is 1. The summed E-state index contributed by atoms with van der Waals surface area (Å²) >= 11 is 0. The zero-order chi connectivity index (χ0) is 9.86. The molecule has 0 atom stereocenters. The lowest BCUT2D eigenvalue weighted by atomic mass is 9.74. The van der Waals surface area contributed by atoms with E-state index < -0.39 is 0 Å². The Morgan fingerprint density at radius 2 is 2.00 bits per heavy atom. The second kappa shape index (κ2) is 4.14. The third-order valence-electron chi connectivity index (χ3n) is 3.40. The minimum Gasteiger partial charge on any atom is -0.317 e. The van der Waals surface area contributed by atoms with Gasteiger partial charge in [-0.05, 0) is 43.3 Å². The van der Waals surface area contributed by atoms with Gasteiger partial charge in [-0.2, -0.15) is 0 Å². The van der Waals surface area contributed by atoms with Crippen LogP contribution < -0.4 is 5.32 Å². The van der Waals surface area contributed by atoms with Crippen LogP contribution in [-0.4, -0.2) is 13.1 Å². The van der Waals surface area contributed by atoms with Gasteiger partial charge in [-0.1, -0.05) is 37.3 Å². The average Bonchev–Trinajstić information content (AvgIpc) is 2.47. The summed E-state index contributed by atoms with van der Waals surface area (Å²) in [5, 5.41) is 3.43. The molecule has 2 aliphatic rings. The molecule has 0 radical (unpaired) electrons. The van der Waals surface area contributed by atoms with Crippen molar-refractivity contribution in [1.82, 2.24) is 5.32 Å². The second-order valence-corrected chi connectivity index (χ2v) is 4.49. The predicted molar refractivity (Wildman–Crippen MR) is 61.2 cm³/mol. The average molecular weight is 189 g/mol. The molecule has 1 aliphatic carbocycles. The molecule has 1 N–H and O–H groups in total. The van der Waals surface area contributed by atoms with Crippen molar-refractivity contribution in [2.45, 2.75) is 26.2 Å². The van der Waals surface area contributed by atoms with Crippen molar-refractivity contribution in [2.24, 2.45) is 5.41 Å². The molecule has 0 aromatic rings. The van der Waals surface area contributed by atoms with Gasteiger partial charge in [-0.15, -0.1) is 0 Å². The Kier molecular flexibility index (Phi) is 2.87. The van der Waals surface area contributed by atoms with Crippen LogP contribution in [0, 0.1) is 5.41 Å². The number of piperidine rings is 1. The van der Waals surface area contributed by atoms with Gasteiger partial charge < -0.3 is 5.32 Å². The smallest absolute Gasteiger partial charge is 0.00405 e. The number of rotatable bonds is 1. The van der Waals surface area contributed by atoms with Gasteiger partial charge in [0.15, 0.2) is 0 Å². The molecule has 0 bridgehead atoms. The Labute approximate surface area is 86.6 Å². The first-order valence-electron chi connectivity index (χ1n) is 5.56. The minimum absolute atomic E-state index is 0.410. The Hall–Kier alpha value is -0.820. The fourth-order valence-electron chi connectivity index (χ4n) is 2.29. The second-order valence-electron chi connectivity index (χ2n) is 4.49. The monoisotopic (exact) mass is 189 g/mol. The van der Waals surface area contributed by atoms with E-state index in [2.05, 4.69) is 42.6 Å². The van der Waals surface area contributed by atoms with E-state index in [0.29, 0.717) is 5.41 Å². The van der Waals surface area contributed by atoms with E-state index in [1.54, 1.807) is 0 Å². The van der Waals surface area contributed by atoms with E-state index in [-0.39, 0.29) is 0 Å². The molecule has 1 saturated heterocycles. The fourth-order valence-corrected chi connectivity index (χ4v) is 2.29. The Morgan fingerprint density at radius 3 is 2.79 bits per heavy atom. The first-order valence-corrected chi connectivity index (χ1v) is 5.56. The van der Waals surface area contributed by atoms with Crippen LogP contribution in [0.5, 0.6) is 0 Å². The van der Waals surface area contributed by atoms with Crippen LogP contribution in [0.2, 0.25) is 0 Å². The van der Waals surface area contributed by atoms with Gasteiger partial charge in [0.2, 0.25) is 0 Å². The van der Waals surface area contributed by atoms with Gasteiger partial charge >= 0.3 is 0 Å². The topological polar surface area (TPSA) is 12.0 Å². The summed E-state index contributed by atoms with van der Waals surface area (Å²) in [6, 6.07) is 0. The normalized spacial score (nSPS) is 25.6. The van der Waals surface area contributed by atoms with Crippen molar-refractivity contribution in [3.63, 3.8) is 0 Å². The molecule has 1 heterocycles. The van der Waals surface area contributed by atoms with E-state index in [1.807, 2.05) is 0 Å². The maximum absolute atomic E-state index is 3.43. The molecule has 0 spiro atoms. The zero-order valence-corrected chi connectivity index (χ0v) is 8.92. The quantitative estimate of drug-likeness (QED) is 0.669. The molecular weight excluding hydrogens is 170 g/mol. The van der Waals surface area contributed by atoms with Gasteiger partial charge in [0, 0.05) is 0 Å². The highest BCUT2D eigenvalue weighted by Gasteiger charge is 2.29. The highest BCUT2D eigenvalue weighted by molar-refractivity contribution is 5.32. The van der Waals surface area contributed by atoms with E-state index in [4.69, 9.17) is 0 Å². The van der Waals surface area contributed by atoms with Crippen molar-refractivity contribution in [2.75, 3.05) is 13.1 Å². The molecular formula is C13H19N. The van der Waals surface area contributed by atoms with Crippen LogP contribution in [0.3, 0.4) is 0 Å². The van der Waals surface area contributed by atoms with Gasteiger partial charge in [0.05, 0.1) is 0 Å². The Bertz CT molecular complexity index is 278. The summed E-state index contributed by atoms with van der Waals surface area (Å²) in [5.41, 5.74) is 1.94. The van der Waals surface area contributed by atoms with Crippen LogP contribution in [-0.2, 0) is 0 Å². The minimum atomic E-state index is 0.410. The number of nitrogens with one attached hydrogen (secondary N) is 1. The molecule has 0 saturated carbocycles. The summed E-state index contributed by atoms with van der Waals surface area (Å²) in [6.07, 6.45) is 14.8. The van der Waals surface area contributed by atoms with Crippen LogP contribution in [0.25, 0.3) is 0 Å². The van der Waals surface area contributed by atoms with Crippen molar-refractivity contribution < 1.29 is 0 Å². The highest BCUT2D eigenvalue weighted by Crippen LogP contribution is 2.37. The molecule has 0 unspecified atom stereocenters. The van der Waals surface area contributed by atoms with E-state index >= 15 is 0 Å². The summed E-state index contributed by atoms with van der Waals surface area (Å²) in [4.78, 5) is 0. The fraction of sp³-hybridized carbons (Fsp3) is 0.538. The summed E-state index contributed by atoms with van der Waals surface area (Å²) < 4.78 is 0. The Morgan fingerprint density at radius 1 is 1.21 bits per heavy atom. The van der Waals surface area contributed by atoms with Crippen molar-refractivity contribution in [3.8, 4) is 0 Å². The molecule has 0 aromatic carbocycles. The van der Waals surface area contributed by atoms with Crippen LogP contribution in [0.1, 0.15) is 26.2 Å². The van der Waals surface area contributed by atoms with Gasteiger partial charge in [-0.3, -0.25) is 0 Å². The third kappa shape index (κ3) is 1.98. The largest absolute Gasteiger partial charge is 0.317 e. The van der Waals surface area contributed by atoms with Crippen LogP contribution in [0.15, 0.2) is 36.0 Å². The SMILES string of the molecule is CC1(C2=CCC=CC=C2)CCNCC1. The maximum atomic E-state index is 3.43. The molecule has 0 amide bonds. The molecule has 0 aromatic heterocycles. The molecule has 76 valence electrons. The van der Waals surface area contributed by atoms with Crippen molar-refractivity contribution >= 4 is 0 Å². The molecule has 1 fully saturated rings. The summed E-state index contributed by atoms with van der Waals surface area (Å²) in [5.74, 6) is 0. The Balaban J connectivity index is 2.15. The van der Waals surface area contributed by atoms with Crippen molar-refractivity contribution in [3.05, 3.63) is 36.0 Å². The lowest BCUT2D eigenvalue weighted by molar-refractivity contribution is 0.287. The van der Waals surface area contributed by atoms with Gasteiger partial charge in [-0.25, -0.2) is 0 Å². The van der Waals surface area contributed by atoms with E-state index in [9.17, 15) is 0 Å². The first-order chi connectivity index (χ1) is 6.81. The molecule has 1 nitrogen and oxygen atoms in total. The van der Waals surface area contributed by atoms with Crippen LogP contribution >= 0.6 is 0 Å². The summed E-state index contributed by atoms with van der Waals surface area (Å²) in [7, 11) is 0. The highest BCUT2D eigenvalue weighted by atomic mass is 14.9. The molecule has 1 heteroatoms. The number of allylic oxidation sites excluding steroid dienone is 6. The van der Waals surface area contributed by atoms with E-state index in [1.165, 1.54) is 18.4 Å². The summed E-state index contributed by atoms with van der Waals surface area (Å²) in [6.45, 7) is 4.72. The number of hydrogen-bond donors (Lipinski definition) is 1. The molecule has 14 heavy (non-hydrogen) atoms. The lowest BCUT2D eigenvalue weighted by Crippen LogP contribution is -2.35. The van der Waals surface area contributed by atoms with Crippen molar-refractivity contribution in [1.29, 1.82) is 0 Å². The predicted octanol–water partition coefficient (Wildman–Crippen LogP) is 2.82. The standard InChI is InChI=1S/C13H19N/c1-13(8-10-14-11-9-13)12-6-4-2-3-5-7-12/h2-4,6-7,14H,5,8-11H2,1H3. The third-order valence-corrected chi connectivity index (χ3v) is 3.40. The van der Waals surface area contributed by atoms with Gasteiger partial charge in [0.1, 0.15) is 0 Å². The van der Waals surface area contributed by atoms with Crippen LogP contribution in [0.4, 0.5) is 0 Å².